The van der Waals surface area contributed by atoms with Gasteiger partial charge in [0, 0.05) is 5.46 Å². The lowest BCUT2D eigenvalue weighted by Gasteiger charge is -2.36. The Kier molecular flexibility index (Phi) is 5.00. The lowest BCUT2D eigenvalue weighted by Crippen LogP contribution is -2.44. The molecule has 0 aromatic heterocycles. The number of benzene rings is 1. The topological polar surface area (TPSA) is 27.7 Å². The summed E-state index contributed by atoms with van der Waals surface area (Å²) in [5.74, 6) is 0.718. The minimum absolute atomic E-state index is 0.108. The van der Waals surface area contributed by atoms with Gasteiger partial charge in [0.05, 0.1) is 16.2 Å². The first-order valence-corrected chi connectivity index (χ1v) is 11.8. The molecule has 3 nitrogen and oxygen atoms in total. The van der Waals surface area contributed by atoms with Crippen molar-refractivity contribution in [3.63, 3.8) is 0 Å². The van der Waals surface area contributed by atoms with Crippen molar-refractivity contribution in [1.29, 1.82) is 0 Å². The van der Waals surface area contributed by atoms with Crippen LogP contribution in [0.5, 0.6) is 5.75 Å². The summed E-state index contributed by atoms with van der Waals surface area (Å²) < 4.78 is 18.7. The van der Waals surface area contributed by atoms with Crippen LogP contribution in [0.15, 0.2) is 18.2 Å². The van der Waals surface area contributed by atoms with Gasteiger partial charge in [-0.3, -0.25) is 0 Å². The van der Waals surface area contributed by atoms with Gasteiger partial charge >= 0.3 is 7.12 Å². The zero-order chi connectivity index (χ0) is 18.6. The van der Waals surface area contributed by atoms with Crippen LogP contribution in [-0.2, 0) is 9.31 Å². The SMILES string of the molecule is CC1(C)OB(c2cccc(O[Si](C)(C)C(C)(C)C)c2Cl)OC1(C)C. The Morgan fingerprint density at radius 1 is 1.04 bits per heavy atom. The first kappa shape index (κ1) is 19.8. The van der Waals surface area contributed by atoms with Gasteiger partial charge in [-0.15, -0.1) is 0 Å². The summed E-state index contributed by atoms with van der Waals surface area (Å²) in [5.41, 5.74) is 0.0423. The molecule has 1 aromatic rings. The maximum Gasteiger partial charge on any atom is 0.496 e. The fraction of sp³-hybridized carbons (Fsp3) is 0.667. The van der Waals surface area contributed by atoms with Gasteiger partial charge in [-0.25, -0.2) is 0 Å². The third-order valence-electron chi connectivity index (χ3n) is 5.67. The molecular weight excluding hydrogens is 339 g/mol. The normalized spacial score (nSPS) is 20.3. The van der Waals surface area contributed by atoms with Crippen LogP contribution in [0.2, 0.25) is 23.2 Å². The van der Waals surface area contributed by atoms with Crippen molar-refractivity contribution < 1.29 is 13.7 Å². The standard InChI is InChI=1S/C18H30BClO3Si/c1-16(2,3)24(8,9)21-14-12-10-11-13(15(14)20)19-22-17(4,5)18(6,7)23-19/h10-12H,1-9H3. The van der Waals surface area contributed by atoms with Gasteiger partial charge in [-0.2, -0.15) is 0 Å². The molecular formula is C18H30BClO3Si. The van der Waals surface area contributed by atoms with E-state index in [-0.39, 0.29) is 5.04 Å². The summed E-state index contributed by atoms with van der Waals surface area (Å²) in [4.78, 5) is 0. The Balaban J connectivity index is 2.33. The van der Waals surface area contributed by atoms with Crippen molar-refractivity contribution in [1.82, 2.24) is 0 Å². The van der Waals surface area contributed by atoms with E-state index in [4.69, 9.17) is 25.3 Å². The minimum atomic E-state index is -1.96. The van der Waals surface area contributed by atoms with Crippen LogP contribution in [0.1, 0.15) is 48.5 Å². The van der Waals surface area contributed by atoms with Crippen molar-refractivity contribution >= 4 is 32.5 Å². The fourth-order valence-electron chi connectivity index (χ4n) is 2.19. The van der Waals surface area contributed by atoms with Crippen LogP contribution in [0, 0.1) is 0 Å². The van der Waals surface area contributed by atoms with E-state index in [0.29, 0.717) is 5.02 Å². The Bertz CT molecular complexity index is 607. The molecule has 0 spiro atoms. The van der Waals surface area contributed by atoms with E-state index in [9.17, 15) is 0 Å². The highest BCUT2D eigenvalue weighted by molar-refractivity contribution is 6.75. The summed E-state index contributed by atoms with van der Waals surface area (Å²) in [5, 5.41) is 0.692. The van der Waals surface area contributed by atoms with E-state index in [2.05, 4.69) is 33.9 Å². The van der Waals surface area contributed by atoms with E-state index in [1.54, 1.807) is 0 Å². The summed E-state index contributed by atoms with van der Waals surface area (Å²) in [7, 11) is -2.44. The van der Waals surface area contributed by atoms with Crippen molar-refractivity contribution in [2.75, 3.05) is 0 Å². The molecule has 2 rings (SSSR count). The van der Waals surface area contributed by atoms with Crippen LogP contribution in [0.3, 0.4) is 0 Å². The molecule has 24 heavy (non-hydrogen) atoms. The smallest absolute Gasteiger partial charge is 0.496 e. The number of rotatable bonds is 3. The highest BCUT2D eigenvalue weighted by Crippen LogP contribution is 2.40. The quantitative estimate of drug-likeness (QED) is 0.701. The van der Waals surface area contributed by atoms with Crippen molar-refractivity contribution in [2.24, 2.45) is 0 Å². The average molecular weight is 369 g/mol. The Morgan fingerprint density at radius 3 is 2.00 bits per heavy atom. The molecule has 1 heterocycles. The first-order chi connectivity index (χ1) is 10.7. The second-order valence-electron chi connectivity index (χ2n) is 9.11. The fourth-order valence-corrected chi connectivity index (χ4v) is 3.53. The summed E-state index contributed by atoms with van der Waals surface area (Å²) >= 11 is 6.67. The molecule has 0 saturated carbocycles. The van der Waals surface area contributed by atoms with Crippen LogP contribution in [0.4, 0.5) is 0 Å². The molecule has 0 unspecified atom stereocenters. The maximum atomic E-state index is 6.67. The second kappa shape index (κ2) is 6.05. The predicted octanol–water partition coefficient (Wildman–Crippen LogP) is 5.02. The van der Waals surface area contributed by atoms with Crippen molar-refractivity contribution in [3.8, 4) is 5.75 Å². The van der Waals surface area contributed by atoms with Gasteiger partial charge in [0.25, 0.3) is 8.32 Å². The predicted molar refractivity (Wildman–Crippen MR) is 105 cm³/mol. The number of hydrogen-bond donors (Lipinski definition) is 0. The zero-order valence-electron chi connectivity index (χ0n) is 16.4. The van der Waals surface area contributed by atoms with E-state index in [0.717, 1.165) is 11.2 Å². The van der Waals surface area contributed by atoms with E-state index in [1.165, 1.54) is 0 Å². The Labute approximate surface area is 153 Å². The third kappa shape index (κ3) is 3.55. The molecule has 1 saturated heterocycles. The van der Waals surface area contributed by atoms with Crippen LogP contribution >= 0.6 is 11.6 Å². The molecule has 134 valence electrons. The van der Waals surface area contributed by atoms with E-state index < -0.39 is 26.6 Å². The zero-order valence-corrected chi connectivity index (χ0v) is 18.2. The van der Waals surface area contributed by atoms with Crippen LogP contribution < -0.4 is 9.89 Å². The first-order valence-electron chi connectivity index (χ1n) is 8.51. The summed E-state index contributed by atoms with van der Waals surface area (Å²) in [6, 6.07) is 5.83. The molecule has 1 aliphatic heterocycles. The molecule has 1 aliphatic rings. The Hall–Kier alpha value is -0.488. The molecule has 6 heteroatoms. The van der Waals surface area contributed by atoms with Crippen molar-refractivity contribution in [3.05, 3.63) is 23.2 Å². The van der Waals surface area contributed by atoms with Gasteiger partial charge in [0.1, 0.15) is 5.75 Å². The lowest BCUT2D eigenvalue weighted by molar-refractivity contribution is 0.00578. The lowest BCUT2D eigenvalue weighted by atomic mass is 9.79. The van der Waals surface area contributed by atoms with Crippen LogP contribution in [-0.4, -0.2) is 26.6 Å². The second-order valence-corrected chi connectivity index (χ2v) is 14.2. The molecule has 0 radical (unpaired) electrons. The number of hydrogen-bond acceptors (Lipinski definition) is 3. The molecule has 0 atom stereocenters. The largest absolute Gasteiger partial charge is 0.543 e. The van der Waals surface area contributed by atoms with Crippen LogP contribution in [0.25, 0.3) is 0 Å². The monoisotopic (exact) mass is 368 g/mol. The minimum Gasteiger partial charge on any atom is -0.543 e. The highest BCUT2D eigenvalue weighted by atomic mass is 35.5. The molecule has 0 aliphatic carbocycles. The van der Waals surface area contributed by atoms with E-state index >= 15 is 0 Å². The third-order valence-corrected chi connectivity index (χ3v) is 10.4. The molecule has 1 aromatic carbocycles. The molecule has 0 bridgehead atoms. The maximum absolute atomic E-state index is 6.67. The Morgan fingerprint density at radius 2 is 1.54 bits per heavy atom. The molecule has 0 N–H and O–H groups in total. The average Bonchev–Trinajstić information content (AvgIpc) is 2.59. The van der Waals surface area contributed by atoms with Gasteiger partial charge in [0.2, 0.25) is 0 Å². The van der Waals surface area contributed by atoms with Gasteiger partial charge in [-0.05, 0) is 51.9 Å². The van der Waals surface area contributed by atoms with Gasteiger partial charge in [-0.1, -0.05) is 44.5 Å². The van der Waals surface area contributed by atoms with E-state index in [1.807, 2.05) is 45.9 Å². The molecule has 1 fully saturated rings. The number of halogens is 1. The van der Waals surface area contributed by atoms with Gasteiger partial charge < -0.3 is 13.7 Å². The van der Waals surface area contributed by atoms with Gasteiger partial charge in [0.15, 0.2) is 0 Å². The highest BCUT2D eigenvalue weighted by Gasteiger charge is 2.52. The summed E-state index contributed by atoms with van der Waals surface area (Å²) in [6.07, 6.45) is 0. The van der Waals surface area contributed by atoms with Crippen molar-refractivity contribution in [2.45, 2.75) is 77.8 Å². The molecule has 0 amide bonds. The summed E-state index contributed by atoms with van der Waals surface area (Å²) in [6.45, 7) is 19.2.